The van der Waals surface area contributed by atoms with Crippen LogP contribution in [0.2, 0.25) is 0 Å². The number of nitrogens with zero attached hydrogens (tertiary/aromatic N) is 2. The van der Waals surface area contributed by atoms with E-state index >= 15 is 4.39 Å². The standard InChI is InChI=1S/C32H32F2N4O5S/c1-41-29-16-23-26(17-30(29)42-19-22(39)18-38-12-4-5-13-38)35-11-10-27(23)43-28-9-8-21(15-25(28)34)36-32(44)37-31(40)14-20-6-2-3-7-24(20)33/h2-3,6-11,15-17,22,39H,4-5,12-14,18-19H2,1H3,(H2,36,37,40,44). The van der Waals surface area contributed by atoms with Crippen LogP contribution in [-0.2, 0) is 11.2 Å². The number of benzene rings is 3. The van der Waals surface area contributed by atoms with Crippen LogP contribution in [-0.4, -0.2) is 65.5 Å². The van der Waals surface area contributed by atoms with E-state index in [1.165, 1.54) is 49.7 Å². The Bertz CT molecular complexity index is 1650. The fourth-order valence-corrected chi connectivity index (χ4v) is 5.15. The first kappa shape index (κ1) is 31.0. The number of nitrogens with one attached hydrogen (secondary N) is 2. The third-order valence-corrected chi connectivity index (χ3v) is 7.26. The molecule has 3 aromatic carbocycles. The number of hydrogen-bond donors (Lipinski definition) is 3. The van der Waals surface area contributed by atoms with Crippen LogP contribution in [0.15, 0.2) is 66.9 Å². The van der Waals surface area contributed by atoms with Gasteiger partial charge in [0.25, 0.3) is 0 Å². The van der Waals surface area contributed by atoms with Gasteiger partial charge in [-0.2, -0.15) is 0 Å². The van der Waals surface area contributed by atoms with Gasteiger partial charge in [0, 0.05) is 35.9 Å². The maximum atomic E-state index is 15.1. The zero-order valence-corrected chi connectivity index (χ0v) is 24.8. The number of thiocarbonyl (C=S) groups is 1. The van der Waals surface area contributed by atoms with E-state index in [9.17, 15) is 14.3 Å². The van der Waals surface area contributed by atoms with E-state index < -0.39 is 23.6 Å². The lowest BCUT2D eigenvalue weighted by Gasteiger charge is -2.20. The molecular weight excluding hydrogens is 590 g/mol. The third-order valence-electron chi connectivity index (χ3n) is 7.06. The van der Waals surface area contributed by atoms with Crippen molar-refractivity contribution in [2.45, 2.75) is 25.4 Å². The van der Waals surface area contributed by atoms with Crippen molar-refractivity contribution in [3.63, 3.8) is 0 Å². The van der Waals surface area contributed by atoms with Gasteiger partial charge in [-0.3, -0.25) is 9.78 Å². The van der Waals surface area contributed by atoms with Crippen molar-refractivity contribution in [2.75, 3.05) is 38.7 Å². The molecule has 1 aliphatic rings. The summed E-state index contributed by atoms with van der Waals surface area (Å²) >= 11 is 5.16. The summed E-state index contributed by atoms with van der Waals surface area (Å²) in [5, 5.41) is 16.1. The molecule has 9 nitrogen and oxygen atoms in total. The number of pyridine rings is 1. The number of aliphatic hydroxyl groups excluding tert-OH is 1. The zero-order chi connectivity index (χ0) is 31.1. The largest absolute Gasteiger partial charge is 0.493 e. The lowest BCUT2D eigenvalue weighted by atomic mass is 10.1. The maximum Gasteiger partial charge on any atom is 0.230 e. The van der Waals surface area contributed by atoms with Gasteiger partial charge in [0.2, 0.25) is 5.91 Å². The summed E-state index contributed by atoms with van der Waals surface area (Å²) in [6.07, 6.45) is 2.96. The van der Waals surface area contributed by atoms with Crippen molar-refractivity contribution in [2.24, 2.45) is 0 Å². The highest BCUT2D eigenvalue weighted by Crippen LogP contribution is 2.38. The SMILES string of the molecule is COc1cc2c(Oc3ccc(NC(=S)NC(=O)Cc4ccccc4F)cc3F)ccnc2cc1OCC(O)CN1CCCC1. The van der Waals surface area contributed by atoms with Crippen LogP contribution in [0.25, 0.3) is 10.9 Å². The summed E-state index contributed by atoms with van der Waals surface area (Å²) in [6, 6.07) is 15.1. The van der Waals surface area contributed by atoms with Crippen LogP contribution < -0.4 is 24.8 Å². The van der Waals surface area contributed by atoms with E-state index in [4.69, 9.17) is 26.4 Å². The molecule has 0 saturated carbocycles. The Morgan fingerprint density at radius 2 is 1.82 bits per heavy atom. The molecule has 0 spiro atoms. The molecule has 230 valence electrons. The minimum atomic E-state index is -0.681. The van der Waals surface area contributed by atoms with E-state index in [1.54, 1.807) is 24.3 Å². The fourth-order valence-electron chi connectivity index (χ4n) is 4.92. The molecule has 2 heterocycles. The monoisotopic (exact) mass is 622 g/mol. The van der Waals surface area contributed by atoms with E-state index in [0.717, 1.165) is 25.9 Å². The van der Waals surface area contributed by atoms with Crippen molar-refractivity contribution in [3.8, 4) is 23.0 Å². The number of aliphatic hydroxyl groups is 1. The zero-order valence-electron chi connectivity index (χ0n) is 24.0. The number of anilines is 1. The van der Waals surface area contributed by atoms with Crippen LogP contribution in [0, 0.1) is 11.6 Å². The van der Waals surface area contributed by atoms with Gasteiger partial charge in [-0.05, 0) is 74.0 Å². The number of methoxy groups -OCH3 is 1. The molecule has 0 bridgehead atoms. The highest BCUT2D eigenvalue weighted by atomic mass is 32.1. The van der Waals surface area contributed by atoms with Gasteiger partial charge in [0.05, 0.1) is 19.0 Å². The number of carbonyl (C=O) groups excluding carboxylic acids is 1. The van der Waals surface area contributed by atoms with Gasteiger partial charge in [-0.1, -0.05) is 18.2 Å². The van der Waals surface area contributed by atoms with Gasteiger partial charge in [-0.15, -0.1) is 0 Å². The number of halogens is 2. The Morgan fingerprint density at radius 1 is 1.02 bits per heavy atom. The quantitative estimate of drug-likeness (QED) is 0.195. The van der Waals surface area contributed by atoms with Crippen molar-refractivity contribution in [1.29, 1.82) is 0 Å². The Morgan fingerprint density at radius 3 is 2.57 bits per heavy atom. The molecule has 1 aliphatic heterocycles. The van der Waals surface area contributed by atoms with Crippen molar-refractivity contribution >= 4 is 39.8 Å². The molecule has 1 fully saturated rings. The Balaban J connectivity index is 1.23. The molecule has 1 unspecified atom stereocenters. The van der Waals surface area contributed by atoms with Crippen molar-refractivity contribution in [1.82, 2.24) is 15.2 Å². The number of fused-ring (bicyclic) bond motifs is 1. The summed E-state index contributed by atoms with van der Waals surface area (Å²) in [5.74, 6) is -0.569. The predicted molar refractivity (Wildman–Crippen MR) is 166 cm³/mol. The molecule has 12 heteroatoms. The number of carbonyl (C=O) groups is 1. The van der Waals surface area contributed by atoms with Gasteiger partial charge >= 0.3 is 0 Å². The van der Waals surface area contributed by atoms with Crippen LogP contribution in [0.4, 0.5) is 14.5 Å². The molecule has 3 N–H and O–H groups in total. The summed E-state index contributed by atoms with van der Waals surface area (Å²) < 4.78 is 46.2. The third kappa shape index (κ3) is 7.95. The van der Waals surface area contributed by atoms with E-state index in [1.807, 2.05) is 0 Å². The number of hydrogen-bond acceptors (Lipinski definition) is 8. The Kier molecular flexibility index (Phi) is 10.2. The highest BCUT2D eigenvalue weighted by molar-refractivity contribution is 7.80. The first-order valence-electron chi connectivity index (χ1n) is 14.1. The van der Waals surface area contributed by atoms with Crippen LogP contribution in [0.3, 0.4) is 0 Å². The fraction of sp³-hybridized carbons (Fsp3) is 0.281. The summed E-state index contributed by atoms with van der Waals surface area (Å²) in [4.78, 5) is 18.9. The minimum Gasteiger partial charge on any atom is -0.493 e. The molecule has 44 heavy (non-hydrogen) atoms. The Labute approximate surface area is 258 Å². The number of ether oxygens (including phenoxy) is 3. The van der Waals surface area contributed by atoms with E-state index in [2.05, 4.69) is 20.5 Å². The number of aromatic nitrogens is 1. The Hall–Kier alpha value is -4.39. The predicted octanol–water partition coefficient (Wildman–Crippen LogP) is 5.21. The molecule has 1 atom stereocenters. The lowest BCUT2D eigenvalue weighted by molar-refractivity contribution is -0.119. The normalized spacial score (nSPS) is 13.8. The molecule has 4 aromatic rings. The van der Waals surface area contributed by atoms with Gasteiger partial charge in [-0.25, -0.2) is 8.78 Å². The molecule has 5 rings (SSSR count). The van der Waals surface area contributed by atoms with Crippen LogP contribution in [0.1, 0.15) is 18.4 Å². The molecular formula is C32H32F2N4O5S. The average molecular weight is 623 g/mol. The lowest BCUT2D eigenvalue weighted by Crippen LogP contribution is -2.35. The summed E-state index contributed by atoms with van der Waals surface area (Å²) in [6.45, 7) is 2.60. The second kappa shape index (κ2) is 14.4. The van der Waals surface area contributed by atoms with Gasteiger partial charge in [0.1, 0.15) is 24.3 Å². The van der Waals surface area contributed by atoms with E-state index in [0.29, 0.717) is 34.7 Å². The second-order valence-corrected chi connectivity index (χ2v) is 10.7. The molecule has 0 radical (unpaired) electrons. The minimum absolute atomic E-state index is 0.0538. The van der Waals surface area contributed by atoms with Gasteiger partial charge < -0.3 is 34.9 Å². The number of likely N-dealkylation sites (tertiary alicyclic amines) is 1. The smallest absolute Gasteiger partial charge is 0.230 e. The topological polar surface area (TPSA) is 105 Å². The summed E-state index contributed by atoms with van der Waals surface area (Å²) in [7, 11) is 1.50. The second-order valence-electron chi connectivity index (χ2n) is 10.3. The first-order valence-corrected chi connectivity index (χ1v) is 14.5. The number of β-amino-alcohol motifs (C(OH)–C–C–N with tert-alkyl or cyclic N) is 1. The van der Waals surface area contributed by atoms with Crippen molar-refractivity contribution in [3.05, 3.63) is 84.1 Å². The van der Waals surface area contributed by atoms with Gasteiger partial charge in [0.15, 0.2) is 28.2 Å². The maximum absolute atomic E-state index is 15.1. The molecule has 1 aromatic heterocycles. The van der Waals surface area contributed by atoms with E-state index in [-0.39, 0.29) is 35.1 Å². The van der Waals surface area contributed by atoms with Crippen LogP contribution >= 0.6 is 12.2 Å². The first-order chi connectivity index (χ1) is 21.3. The molecule has 0 aliphatic carbocycles. The number of amides is 1. The average Bonchev–Trinajstić information content (AvgIpc) is 3.51. The number of rotatable bonds is 11. The van der Waals surface area contributed by atoms with Crippen molar-refractivity contribution < 1.29 is 32.9 Å². The molecule has 1 amide bonds. The highest BCUT2D eigenvalue weighted by Gasteiger charge is 2.18. The summed E-state index contributed by atoms with van der Waals surface area (Å²) in [5.41, 5.74) is 1.04. The molecule has 1 saturated heterocycles. The van der Waals surface area contributed by atoms with Crippen LogP contribution in [0.5, 0.6) is 23.0 Å².